The largest absolute Gasteiger partial charge is 0.481 e. The highest BCUT2D eigenvalue weighted by Crippen LogP contribution is 2.45. The van der Waals surface area contributed by atoms with E-state index in [-0.39, 0.29) is 5.92 Å². The molecule has 0 radical (unpaired) electrons. The highest BCUT2D eigenvalue weighted by Gasteiger charge is 2.48. The fourth-order valence-electron chi connectivity index (χ4n) is 2.68. The summed E-state index contributed by atoms with van der Waals surface area (Å²) in [4.78, 5) is 15.5. The molecule has 3 heteroatoms. The maximum Gasteiger partial charge on any atom is 0.314 e. The van der Waals surface area contributed by atoms with E-state index in [1.807, 2.05) is 19.1 Å². The molecule has 1 saturated carbocycles. The van der Waals surface area contributed by atoms with Crippen LogP contribution in [0.2, 0.25) is 0 Å². The van der Waals surface area contributed by atoms with Gasteiger partial charge in [-0.05, 0) is 30.4 Å². The molecule has 2 unspecified atom stereocenters. The monoisotopic (exact) mass is 205 g/mol. The molecule has 1 heterocycles. The Morgan fingerprint density at radius 1 is 1.67 bits per heavy atom. The first-order valence-electron chi connectivity index (χ1n) is 5.32. The van der Waals surface area contributed by atoms with Gasteiger partial charge in [0.1, 0.15) is 0 Å². The van der Waals surface area contributed by atoms with Crippen LogP contribution in [-0.2, 0) is 10.2 Å². The lowest BCUT2D eigenvalue weighted by molar-refractivity contribution is -0.145. The van der Waals surface area contributed by atoms with E-state index in [0.29, 0.717) is 0 Å². The second kappa shape index (κ2) is 3.65. The molecule has 1 aliphatic rings. The molecule has 0 bridgehead atoms. The third-order valence-corrected chi connectivity index (χ3v) is 3.61. The molecule has 80 valence electrons. The minimum Gasteiger partial charge on any atom is -0.481 e. The highest BCUT2D eigenvalue weighted by atomic mass is 16.4. The van der Waals surface area contributed by atoms with Crippen molar-refractivity contribution < 1.29 is 9.90 Å². The molecule has 1 fully saturated rings. The number of pyridine rings is 1. The van der Waals surface area contributed by atoms with Crippen LogP contribution in [-0.4, -0.2) is 16.1 Å². The van der Waals surface area contributed by atoms with Crippen LogP contribution in [0.3, 0.4) is 0 Å². The molecule has 1 aromatic rings. The van der Waals surface area contributed by atoms with E-state index in [1.165, 1.54) is 0 Å². The van der Waals surface area contributed by atoms with Gasteiger partial charge in [-0.1, -0.05) is 19.4 Å². The van der Waals surface area contributed by atoms with E-state index in [2.05, 4.69) is 4.98 Å². The lowest BCUT2D eigenvalue weighted by Crippen LogP contribution is -2.38. The first-order valence-corrected chi connectivity index (χ1v) is 5.32. The molecule has 0 amide bonds. The Labute approximate surface area is 89.2 Å². The zero-order valence-electron chi connectivity index (χ0n) is 8.81. The summed E-state index contributed by atoms with van der Waals surface area (Å²) in [5.41, 5.74) is 0.149. The first kappa shape index (κ1) is 10.1. The van der Waals surface area contributed by atoms with E-state index in [4.69, 9.17) is 0 Å². The Balaban J connectivity index is 2.49. The van der Waals surface area contributed by atoms with Crippen molar-refractivity contribution in [1.82, 2.24) is 4.98 Å². The molecular weight excluding hydrogens is 190 g/mol. The van der Waals surface area contributed by atoms with Gasteiger partial charge in [0.25, 0.3) is 0 Å². The second-order valence-electron chi connectivity index (χ2n) is 4.31. The van der Waals surface area contributed by atoms with Crippen LogP contribution in [0.4, 0.5) is 0 Å². The predicted octanol–water partition coefficient (Wildman–Crippen LogP) is 2.22. The topological polar surface area (TPSA) is 50.2 Å². The van der Waals surface area contributed by atoms with Gasteiger partial charge in [-0.25, -0.2) is 0 Å². The molecule has 1 aromatic heterocycles. The molecule has 2 atom stereocenters. The molecule has 1 N–H and O–H groups in total. The number of carboxylic acid groups (broad SMARTS) is 1. The van der Waals surface area contributed by atoms with Gasteiger partial charge in [0.05, 0.1) is 5.41 Å². The van der Waals surface area contributed by atoms with Crippen molar-refractivity contribution in [3.63, 3.8) is 0 Å². The average Bonchev–Trinajstić information content (AvgIpc) is 2.62. The van der Waals surface area contributed by atoms with E-state index in [1.54, 1.807) is 12.4 Å². The fraction of sp³-hybridized carbons (Fsp3) is 0.500. The van der Waals surface area contributed by atoms with Crippen molar-refractivity contribution in [2.75, 3.05) is 0 Å². The number of carbonyl (C=O) groups is 1. The first-order chi connectivity index (χ1) is 7.18. The number of hydrogen-bond donors (Lipinski definition) is 1. The number of carboxylic acids is 1. The third kappa shape index (κ3) is 1.42. The summed E-state index contributed by atoms with van der Waals surface area (Å²) in [5.74, 6) is -0.514. The Morgan fingerprint density at radius 3 is 2.93 bits per heavy atom. The van der Waals surface area contributed by atoms with Crippen LogP contribution in [0.1, 0.15) is 31.7 Å². The van der Waals surface area contributed by atoms with Crippen molar-refractivity contribution in [3.8, 4) is 0 Å². The molecular formula is C12H15NO2. The summed E-state index contributed by atoms with van der Waals surface area (Å²) in [6.07, 6.45) is 6.08. The van der Waals surface area contributed by atoms with E-state index in [9.17, 15) is 9.90 Å². The summed E-state index contributed by atoms with van der Waals surface area (Å²) in [7, 11) is 0. The quantitative estimate of drug-likeness (QED) is 0.805. The van der Waals surface area contributed by atoms with Gasteiger partial charge in [-0.2, -0.15) is 0 Å². The van der Waals surface area contributed by atoms with Gasteiger partial charge < -0.3 is 5.11 Å². The number of aromatic nitrogens is 1. The van der Waals surface area contributed by atoms with Gasteiger partial charge in [-0.15, -0.1) is 0 Å². The summed E-state index contributed by atoms with van der Waals surface area (Å²) < 4.78 is 0. The number of nitrogens with zero attached hydrogens (tertiary/aromatic N) is 1. The summed E-state index contributed by atoms with van der Waals surface area (Å²) >= 11 is 0. The van der Waals surface area contributed by atoms with Crippen LogP contribution in [0, 0.1) is 5.92 Å². The van der Waals surface area contributed by atoms with Crippen LogP contribution < -0.4 is 0 Å². The molecule has 0 spiro atoms. The van der Waals surface area contributed by atoms with Crippen LogP contribution in [0.25, 0.3) is 0 Å². The highest BCUT2D eigenvalue weighted by molar-refractivity contribution is 5.82. The zero-order chi connectivity index (χ0) is 10.9. The maximum atomic E-state index is 11.5. The van der Waals surface area contributed by atoms with E-state index >= 15 is 0 Å². The fourth-order valence-corrected chi connectivity index (χ4v) is 2.68. The second-order valence-corrected chi connectivity index (χ2v) is 4.31. The van der Waals surface area contributed by atoms with Crippen LogP contribution in [0.15, 0.2) is 24.5 Å². The summed E-state index contributed by atoms with van der Waals surface area (Å²) in [6, 6.07) is 3.69. The molecule has 0 aromatic carbocycles. The SMILES string of the molecule is CC1CCCC1(C(=O)O)c1cccnc1. The summed E-state index contributed by atoms with van der Waals surface area (Å²) in [5, 5.41) is 9.46. The molecule has 2 rings (SSSR count). The van der Waals surface area contributed by atoms with Crippen molar-refractivity contribution in [3.05, 3.63) is 30.1 Å². The molecule has 0 aliphatic heterocycles. The molecule has 15 heavy (non-hydrogen) atoms. The normalized spacial score (nSPS) is 30.3. The van der Waals surface area contributed by atoms with E-state index in [0.717, 1.165) is 24.8 Å². The van der Waals surface area contributed by atoms with Gasteiger partial charge in [0.15, 0.2) is 0 Å². The van der Waals surface area contributed by atoms with Crippen molar-refractivity contribution in [1.29, 1.82) is 0 Å². The lowest BCUT2D eigenvalue weighted by atomic mass is 9.73. The average molecular weight is 205 g/mol. The van der Waals surface area contributed by atoms with Crippen molar-refractivity contribution in [2.45, 2.75) is 31.6 Å². The molecule has 1 aliphatic carbocycles. The van der Waals surface area contributed by atoms with Crippen LogP contribution >= 0.6 is 0 Å². The standard InChI is InChI=1S/C12H15NO2/c1-9-4-2-6-12(9,11(14)15)10-5-3-7-13-8-10/h3,5,7-9H,2,4,6H2,1H3,(H,14,15). The lowest BCUT2D eigenvalue weighted by Gasteiger charge is -2.29. The molecule has 0 saturated heterocycles. The van der Waals surface area contributed by atoms with Gasteiger partial charge in [0.2, 0.25) is 0 Å². The van der Waals surface area contributed by atoms with Crippen molar-refractivity contribution in [2.24, 2.45) is 5.92 Å². The van der Waals surface area contributed by atoms with Gasteiger partial charge in [0, 0.05) is 12.4 Å². The minimum absolute atomic E-state index is 0.194. The Morgan fingerprint density at radius 2 is 2.47 bits per heavy atom. The Bertz CT molecular complexity index is 363. The van der Waals surface area contributed by atoms with Crippen molar-refractivity contribution >= 4 is 5.97 Å². The maximum absolute atomic E-state index is 11.5. The number of aliphatic carboxylic acids is 1. The van der Waals surface area contributed by atoms with Crippen LogP contribution in [0.5, 0.6) is 0 Å². The molecule has 3 nitrogen and oxygen atoms in total. The minimum atomic E-state index is -0.708. The Hall–Kier alpha value is -1.38. The van der Waals surface area contributed by atoms with E-state index < -0.39 is 11.4 Å². The summed E-state index contributed by atoms with van der Waals surface area (Å²) in [6.45, 7) is 2.02. The smallest absolute Gasteiger partial charge is 0.314 e. The zero-order valence-corrected chi connectivity index (χ0v) is 8.81. The number of hydrogen-bond acceptors (Lipinski definition) is 2. The third-order valence-electron chi connectivity index (χ3n) is 3.61. The Kier molecular flexibility index (Phi) is 2.47. The van der Waals surface area contributed by atoms with Gasteiger partial charge >= 0.3 is 5.97 Å². The van der Waals surface area contributed by atoms with Gasteiger partial charge in [-0.3, -0.25) is 9.78 Å². The number of rotatable bonds is 2. The predicted molar refractivity (Wildman–Crippen MR) is 56.6 cm³/mol.